The van der Waals surface area contributed by atoms with Crippen molar-refractivity contribution in [1.29, 1.82) is 0 Å². The number of nitrogens with zero attached hydrogens (tertiary/aromatic N) is 3. The van der Waals surface area contributed by atoms with Crippen LogP contribution in [0.3, 0.4) is 0 Å². The van der Waals surface area contributed by atoms with E-state index in [4.69, 9.17) is 10.5 Å². The maximum Gasteiger partial charge on any atom is 0.268 e. The van der Waals surface area contributed by atoms with Crippen LogP contribution in [0, 0.1) is 5.92 Å². The third-order valence-corrected chi connectivity index (χ3v) is 3.81. The normalized spacial score (nSPS) is 20.1. The fraction of sp³-hybridized carbons (Fsp3) is 0.714. The average molecular weight is 280 g/mol. The first-order valence-electron chi connectivity index (χ1n) is 7.23. The molecule has 2 N–H and O–H groups in total. The monoisotopic (exact) mass is 280 g/mol. The van der Waals surface area contributed by atoms with Crippen LogP contribution >= 0.6 is 0 Å². The molecule has 2 heterocycles. The Balaban J connectivity index is 2.03. The fourth-order valence-corrected chi connectivity index (χ4v) is 2.47. The van der Waals surface area contributed by atoms with Gasteiger partial charge >= 0.3 is 0 Å². The Morgan fingerprint density at radius 1 is 1.65 bits per heavy atom. The van der Waals surface area contributed by atoms with Gasteiger partial charge in [-0.25, -0.2) is 4.68 Å². The van der Waals surface area contributed by atoms with Crippen LogP contribution in [0.25, 0.3) is 0 Å². The van der Waals surface area contributed by atoms with Gasteiger partial charge in [0.1, 0.15) is 0 Å². The molecule has 20 heavy (non-hydrogen) atoms. The van der Waals surface area contributed by atoms with Crippen LogP contribution in [0.15, 0.2) is 17.1 Å². The van der Waals surface area contributed by atoms with Crippen molar-refractivity contribution in [2.24, 2.45) is 11.7 Å². The molecule has 6 heteroatoms. The van der Waals surface area contributed by atoms with E-state index in [0.717, 1.165) is 31.7 Å². The van der Waals surface area contributed by atoms with E-state index in [0.29, 0.717) is 19.1 Å². The summed E-state index contributed by atoms with van der Waals surface area (Å²) in [6.07, 6.45) is 3.73. The van der Waals surface area contributed by atoms with Crippen molar-refractivity contribution in [3.63, 3.8) is 0 Å². The van der Waals surface area contributed by atoms with Gasteiger partial charge in [-0.05, 0) is 12.8 Å². The predicted octanol–water partition coefficient (Wildman–Crippen LogP) is 0.453. The lowest BCUT2D eigenvalue weighted by atomic mass is 10.0. The lowest BCUT2D eigenvalue weighted by molar-refractivity contribution is 0.178. The van der Waals surface area contributed by atoms with E-state index in [1.807, 2.05) is 11.9 Å². The Bertz CT molecular complexity index is 482. The van der Waals surface area contributed by atoms with Crippen molar-refractivity contribution >= 4 is 5.69 Å². The molecule has 1 aliphatic rings. The van der Waals surface area contributed by atoms with Crippen molar-refractivity contribution in [2.75, 3.05) is 31.7 Å². The van der Waals surface area contributed by atoms with Crippen molar-refractivity contribution < 1.29 is 4.74 Å². The zero-order valence-corrected chi connectivity index (χ0v) is 12.3. The van der Waals surface area contributed by atoms with Crippen molar-refractivity contribution in [3.05, 3.63) is 22.6 Å². The third kappa shape index (κ3) is 3.58. The molecule has 1 aromatic rings. The first-order valence-corrected chi connectivity index (χ1v) is 7.23. The van der Waals surface area contributed by atoms with Gasteiger partial charge < -0.3 is 15.4 Å². The van der Waals surface area contributed by atoms with E-state index < -0.39 is 0 Å². The number of anilines is 1. The number of rotatable bonds is 6. The van der Waals surface area contributed by atoms with E-state index in [-0.39, 0.29) is 11.6 Å². The van der Waals surface area contributed by atoms with Gasteiger partial charge in [0.25, 0.3) is 5.56 Å². The quantitative estimate of drug-likeness (QED) is 0.819. The van der Waals surface area contributed by atoms with Crippen LogP contribution in [0.2, 0.25) is 0 Å². The molecule has 6 nitrogen and oxygen atoms in total. The highest BCUT2D eigenvalue weighted by molar-refractivity contribution is 5.41. The smallest absolute Gasteiger partial charge is 0.268 e. The summed E-state index contributed by atoms with van der Waals surface area (Å²) >= 11 is 0. The number of aromatic nitrogens is 2. The lowest BCUT2D eigenvalue weighted by Gasteiger charge is -2.20. The fourth-order valence-electron chi connectivity index (χ4n) is 2.47. The molecule has 0 radical (unpaired) electrons. The number of ether oxygens (including phenoxy) is 1. The van der Waals surface area contributed by atoms with E-state index in [9.17, 15) is 4.79 Å². The van der Waals surface area contributed by atoms with Gasteiger partial charge in [-0.1, -0.05) is 6.92 Å². The molecule has 2 atom stereocenters. The summed E-state index contributed by atoms with van der Waals surface area (Å²) < 4.78 is 6.78. The second-order valence-electron chi connectivity index (χ2n) is 5.44. The topological polar surface area (TPSA) is 73.4 Å². The van der Waals surface area contributed by atoms with Gasteiger partial charge in [0, 0.05) is 38.2 Å². The minimum absolute atomic E-state index is 0.0816. The molecule has 1 aliphatic heterocycles. The summed E-state index contributed by atoms with van der Waals surface area (Å²) in [6.45, 7) is 4.91. The van der Waals surface area contributed by atoms with Gasteiger partial charge in [0.15, 0.2) is 0 Å². The van der Waals surface area contributed by atoms with Gasteiger partial charge in [0.05, 0.1) is 25.0 Å². The molecule has 2 rings (SSSR count). The standard InChI is InChI=1S/C14H24N4O2/c1-3-5-17(2)12-7-14(19)18(16-8-12)9-13(15)11-4-6-20-10-11/h7-8,11,13H,3-6,9-10,15H2,1-2H3. The maximum atomic E-state index is 12.1. The van der Waals surface area contributed by atoms with Gasteiger partial charge in [0.2, 0.25) is 0 Å². The Morgan fingerprint density at radius 2 is 2.45 bits per heavy atom. The number of nitrogens with two attached hydrogens (primary N) is 1. The molecular weight excluding hydrogens is 256 g/mol. The molecule has 0 aliphatic carbocycles. The van der Waals surface area contributed by atoms with E-state index >= 15 is 0 Å². The van der Waals surface area contributed by atoms with Gasteiger partial charge in [-0.3, -0.25) is 4.79 Å². The van der Waals surface area contributed by atoms with Gasteiger partial charge in [-0.2, -0.15) is 5.10 Å². The molecule has 0 amide bonds. The molecule has 0 bridgehead atoms. The Morgan fingerprint density at radius 3 is 3.05 bits per heavy atom. The van der Waals surface area contributed by atoms with Gasteiger partial charge in [-0.15, -0.1) is 0 Å². The van der Waals surface area contributed by atoms with Crippen LogP contribution in [-0.4, -0.2) is 42.6 Å². The molecule has 1 saturated heterocycles. The van der Waals surface area contributed by atoms with E-state index in [1.54, 1.807) is 12.3 Å². The second-order valence-corrected chi connectivity index (χ2v) is 5.44. The third-order valence-electron chi connectivity index (χ3n) is 3.81. The van der Waals surface area contributed by atoms with Crippen molar-refractivity contribution in [1.82, 2.24) is 9.78 Å². The lowest BCUT2D eigenvalue weighted by Crippen LogP contribution is -2.39. The first kappa shape index (κ1) is 15.0. The molecule has 1 fully saturated rings. The minimum atomic E-state index is -0.0974. The zero-order chi connectivity index (χ0) is 14.5. The summed E-state index contributed by atoms with van der Waals surface area (Å²) in [6, 6.07) is 1.54. The van der Waals surface area contributed by atoms with Crippen molar-refractivity contribution in [2.45, 2.75) is 32.4 Å². The molecule has 0 aromatic carbocycles. The molecular formula is C14H24N4O2. The predicted molar refractivity (Wildman–Crippen MR) is 79.0 cm³/mol. The molecule has 0 saturated carbocycles. The molecule has 2 unspecified atom stereocenters. The summed E-state index contributed by atoms with van der Waals surface area (Å²) in [5.74, 6) is 0.325. The number of hydrogen-bond donors (Lipinski definition) is 1. The average Bonchev–Trinajstić information content (AvgIpc) is 2.95. The minimum Gasteiger partial charge on any atom is -0.381 e. The van der Waals surface area contributed by atoms with Crippen LogP contribution < -0.4 is 16.2 Å². The number of hydrogen-bond acceptors (Lipinski definition) is 5. The second kappa shape index (κ2) is 6.85. The Labute approximate surface area is 119 Å². The Kier molecular flexibility index (Phi) is 5.14. The summed E-state index contributed by atoms with van der Waals surface area (Å²) in [4.78, 5) is 14.1. The highest BCUT2D eigenvalue weighted by Crippen LogP contribution is 2.16. The SMILES string of the molecule is CCCN(C)c1cnn(CC(N)C2CCOC2)c(=O)c1. The summed E-state index contributed by atoms with van der Waals surface area (Å²) in [7, 11) is 1.96. The first-order chi connectivity index (χ1) is 9.61. The van der Waals surface area contributed by atoms with Crippen LogP contribution in [0.5, 0.6) is 0 Å². The molecule has 112 valence electrons. The molecule has 0 spiro atoms. The summed E-state index contributed by atoms with van der Waals surface area (Å²) in [5, 5.41) is 4.23. The van der Waals surface area contributed by atoms with Crippen LogP contribution in [0.4, 0.5) is 5.69 Å². The Hall–Kier alpha value is -1.40. The van der Waals surface area contributed by atoms with E-state index in [2.05, 4.69) is 12.0 Å². The highest BCUT2D eigenvalue weighted by Gasteiger charge is 2.23. The maximum absolute atomic E-state index is 12.1. The molecule has 1 aromatic heterocycles. The summed E-state index contributed by atoms with van der Waals surface area (Å²) in [5.41, 5.74) is 6.89. The highest BCUT2D eigenvalue weighted by atomic mass is 16.5. The zero-order valence-electron chi connectivity index (χ0n) is 12.3. The van der Waals surface area contributed by atoms with Crippen LogP contribution in [-0.2, 0) is 11.3 Å². The largest absolute Gasteiger partial charge is 0.381 e. The van der Waals surface area contributed by atoms with E-state index in [1.165, 1.54) is 4.68 Å². The van der Waals surface area contributed by atoms with Crippen LogP contribution in [0.1, 0.15) is 19.8 Å². The van der Waals surface area contributed by atoms with Crippen molar-refractivity contribution in [3.8, 4) is 0 Å².